The maximum absolute atomic E-state index is 12.7. The van der Waals surface area contributed by atoms with E-state index in [4.69, 9.17) is 17.3 Å². The predicted octanol–water partition coefficient (Wildman–Crippen LogP) is 2.48. The third-order valence-electron chi connectivity index (χ3n) is 2.86. The fourth-order valence-corrected chi connectivity index (χ4v) is 2.02. The van der Waals surface area contributed by atoms with Crippen LogP contribution in [-0.2, 0) is 10.9 Å². The highest BCUT2D eigenvalue weighted by atomic mass is 35.5. The van der Waals surface area contributed by atoms with Gasteiger partial charge in [-0.25, -0.2) is 0 Å². The Morgan fingerprint density at radius 1 is 1.31 bits per heavy atom. The number of aromatic nitrogens is 2. The maximum Gasteiger partial charge on any atom is 0.400 e. The summed E-state index contributed by atoms with van der Waals surface area (Å²) in [6.07, 6.45) is 4.34. The normalized spacial score (nSPS) is 21.0. The third kappa shape index (κ3) is 2.17. The number of nitrogens with two attached hydrogens (primary N) is 1. The molecule has 0 bridgehead atoms. The van der Waals surface area contributed by atoms with Crippen molar-refractivity contribution >= 4 is 11.6 Å². The molecule has 90 valence electrons. The van der Waals surface area contributed by atoms with Crippen molar-refractivity contribution in [2.45, 2.75) is 43.0 Å². The minimum Gasteiger partial charge on any atom is -0.331 e. The van der Waals surface area contributed by atoms with Crippen LogP contribution in [0.2, 0.25) is 0 Å². The van der Waals surface area contributed by atoms with E-state index >= 15 is 0 Å². The van der Waals surface area contributed by atoms with Gasteiger partial charge in [-0.15, -0.1) is 0 Å². The first kappa shape index (κ1) is 11.7. The first-order chi connectivity index (χ1) is 7.42. The van der Waals surface area contributed by atoms with Gasteiger partial charge in [0, 0.05) is 0 Å². The van der Waals surface area contributed by atoms with Gasteiger partial charge in [0.05, 0.1) is 5.54 Å². The minimum absolute atomic E-state index is 0.127. The molecule has 1 heterocycles. The average Bonchev–Trinajstić information content (AvgIpc) is 2.67. The highest BCUT2D eigenvalue weighted by Crippen LogP contribution is 2.36. The number of halogens is 3. The van der Waals surface area contributed by atoms with E-state index < -0.39 is 16.8 Å². The summed E-state index contributed by atoms with van der Waals surface area (Å²) in [6, 6.07) is 0. The number of hydrogen-bond donors (Lipinski definition) is 1. The van der Waals surface area contributed by atoms with Crippen LogP contribution in [0, 0.1) is 0 Å². The monoisotopic (exact) mass is 251 g/mol. The molecule has 1 aromatic heterocycles. The van der Waals surface area contributed by atoms with E-state index in [1.54, 1.807) is 0 Å². The Bertz CT molecular complexity index is 371. The van der Waals surface area contributed by atoms with E-state index in [0.29, 0.717) is 12.8 Å². The summed E-state index contributed by atoms with van der Waals surface area (Å²) in [7, 11) is 0. The lowest BCUT2D eigenvalue weighted by Gasteiger charge is -2.29. The van der Waals surface area contributed by atoms with Crippen molar-refractivity contribution < 1.29 is 13.3 Å². The molecule has 1 fully saturated rings. The van der Waals surface area contributed by atoms with Crippen molar-refractivity contribution in [1.82, 2.24) is 10.1 Å². The van der Waals surface area contributed by atoms with E-state index in [1.807, 2.05) is 0 Å². The highest BCUT2D eigenvalue weighted by Gasteiger charge is 2.40. The molecule has 0 radical (unpaired) electrons. The molecule has 1 aliphatic rings. The average molecular weight is 252 g/mol. The van der Waals surface area contributed by atoms with E-state index in [2.05, 4.69) is 14.7 Å². The van der Waals surface area contributed by atoms with Crippen LogP contribution < -0.4 is 5.73 Å². The SMILES string of the molecule is NC1(c2noc(C(F)(F)Cl)n2)CCCCC1. The molecule has 7 heteroatoms. The predicted molar refractivity (Wildman–Crippen MR) is 53.0 cm³/mol. The molecule has 1 saturated carbocycles. The van der Waals surface area contributed by atoms with Crippen LogP contribution in [-0.4, -0.2) is 10.1 Å². The summed E-state index contributed by atoms with van der Waals surface area (Å²) < 4.78 is 29.8. The zero-order valence-electron chi connectivity index (χ0n) is 8.55. The molecule has 0 amide bonds. The standard InChI is InChI=1S/C9H12ClF2N3O/c10-9(11,12)7-14-6(15-16-7)8(13)4-2-1-3-5-8/h1-5,13H2. The second-order valence-corrected chi connectivity index (χ2v) is 4.61. The van der Waals surface area contributed by atoms with Crippen molar-refractivity contribution in [3.05, 3.63) is 11.7 Å². The van der Waals surface area contributed by atoms with Crippen LogP contribution in [0.25, 0.3) is 0 Å². The Balaban J connectivity index is 2.24. The number of nitrogens with zero attached hydrogens (tertiary/aromatic N) is 2. The molecule has 0 atom stereocenters. The Labute approximate surface area is 96.1 Å². The fourth-order valence-electron chi connectivity index (χ4n) is 1.95. The first-order valence-corrected chi connectivity index (χ1v) is 5.50. The van der Waals surface area contributed by atoms with Gasteiger partial charge in [-0.05, 0) is 24.4 Å². The van der Waals surface area contributed by atoms with Gasteiger partial charge < -0.3 is 10.3 Å². The van der Waals surface area contributed by atoms with Gasteiger partial charge in [-0.2, -0.15) is 13.8 Å². The quantitative estimate of drug-likeness (QED) is 0.820. The van der Waals surface area contributed by atoms with E-state index in [-0.39, 0.29) is 5.82 Å². The van der Waals surface area contributed by atoms with Crippen LogP contribution in [0.15, 0.2) is 4.52 Å². The second-order valence-electron chi connectivity index (χ2n) is 4.14. The molecule has 1 aliphatic carbocycles. The van der Waals surface area contributed by atoms with Crippen molar-refractivity contribution in [2.75, 3.05) is 0 Å². The lowest BCUT2D eigenvalue weighted by Crippen LogP contribution is -2.39. The molecule has 0 aliphatic heterocycles. The Kier molecular flexibility index (Phi) is 2.88. The molecule has 0 spiro atoms. The zero-order valence-corrected chi connectivity index (χ0v) is 9.31. The van der Waals surface area contributed by atoms with Gasteiger partial charge in [0.15, 0.2) is 5.82 Å². The lowest BCUT2D eigenvalue weighted by molar-refractivity contribution is 0.0550. The van der Waals surface area contributed by atoms with Crippen LogP contribution >= 0.6 is 11.6 Å². The number of rotatable bonds is 2. The summed E-state index contributed by atoms with van der Waals surface area (Å²) in [5, 5.41) is -0.126. The molecular weight excluding hydrogens is 240 g/mol. The molecule has 0 saturated heterocycles. The molecule has 0 unspecified atom stereocenters. The van der Waals surface area contributed by atoms with Crippen molar-refractivity contribution in [3.8, 4) is 0 Å². The third-order valence-corrected chi connectivity index (χ3v) is 3.02. The minimum atomic E-state index is -3.63. The van der Waals surface area contributed by atoms with Crippen LogP contribution in [0.3, 0.4) is 0 Å². The highest BCUT2D eigenvalue weighted by molar-refractivity contribution is 6.21. The molecule has 2 rings (SSSR count). The van der Waals surface area contributed by atoms with Crippen LogP contribution in [0.5, 0.6) is 0 Å². The van der Waals surface area contributed by atoms with Gasteiger partial charge in [0.25, 0.3) is 0 Å². The number of alkyl halides is 3. The summed E-state index contributed by atoms with van der Waals surface area (Å²) >= 11 is 4.79. The van der Waals surface area contributed by atoms with Gasteiger partial charge in [-0.1, -0.05) is 24.4 Å². The van der Waals surface area contributed by atoms with Crippen molar-refractivity contribution in [2.24, 2.45) is 5.73 Å². The molecule has 0 aromatic carbocycles. The van der Waals surface area contributed by atoms with Crippen molar-refractivity contribution in [1.29, 1.82) is 0 Å². The summed E-state index contributed by atoms with van der Waals surface area (Å²) in [6.45, 7) is 0. The fraction of sp³-hybridized carbons (Fsp3) is 0.778. The Morgan fingerprint density at radius 3 is 2.44 bits per heavy atom. The largest absolute Gasteiger partial charge is 0.400 e. The van der Waals surface area contributed by atoms with Gasteiger partial charge in [0.2, 0.25) is 0 Å². The molecular formula is C9H12ClF2N3O. The van der Waals surface area contributed by atoms with Crippen LogP contribution in [0.1, 0.15) is 43.8 Å². The van der Waals surface area contributed by atoms with Gasteiger partial charge >= 0.3 is 11.3 Å². The Hall–Kier alpha value is -0.750. The number of hydrogen-bond acceptors (Lipinski definition) is 4. The van der Waals surface area contributed by atoms with Crippen LogP contribution in [0.4, 0.5) is 8.78 Å². The van der Waals surface area contributed by atoms with Crippen molar-refractivity contribution in [3.63, 3.8) is 0 Å². The second kappa shape index (κ2) is 3.92. The molecule has 2 N–H and O–H groups in total. The van der Waals surface area contributed by atoms with Gasteiger partial charge in [-0.3, -0.25) is 0 Å². The lowest BCUT2D eigenvalue weighted by atomic mass is 9.82. The van der Waals surface area contributed by atoms with E-state index in [1.165, 1.54) is 0 Å². The maximum atomic E-state index is 12.7. The van der Waals surface area contributed by atoms with E-state index in [0.717, 1.165) is 19.3 Å². The molecule has 16 heavy (non-hydrogen) atoms. The summed E-state index contributed by atoms with van der Waals surface area (Å²) in [5.41, 5.74) is 5.32. The first-order valence-electron chi connectivity index (χ1n) is 5.12. The molecule has 4 nitrogen and oxygen atoms in total. The topological polar surface area (TPSA) is 64.9 Å². The zero-order chi connectivity index (χ0) is 11.8. The Morgan fingerprint density at radius 2 is 1.94 bits per heavy atom. The van der Waals surface area contributed by atoms with Gasteiger partial charge in [0.1, 0.15) is 0 Å². The summed E-state index contributed by atoms with van der Waals surface area (Å²) in [4.78, 5) is 3.59. The summed E-state index contributed by atoms with van der Waals surface area (Å²) in [5.74, 6) is -0.762. The smallest absolute Gasteiger partial charge is 0.331 e. The molecule has 1 aromatic rings. The van der Waals surface area contributed by atoms with E-state index in [9.17, 15) is 8.78 Å².